The van der Waals surface area contributed by atoms with Crippen LogP contribution in [0.4, 0.5) is 0 Å². The molecule has 0 aromatic carbocycles. The van der Waals surface area contributed by atoms with Gasteiger partial charge in [-0.25, -0.2) is 0 Å². The minimum Gasteiger partial charge on any atom is -0.396 e. The first-order chi connectivity index (χ1) is 9.72. The van der Waals surface area contributed by atoms with Crippen LogP contribution in [0.2, 0.25) is 0 Å². The Kier molecular flexibility index (Phi) is 10.8. The number of nitrogens with one attached hydrogen (secondary N) is 1. The van der Waals surface area contributed by atoms with Gasteiger partial charge in [0.25, 0.3) is 0 Å². The summed E-state index contributed by atoms with van der Waals surface area (Å²) in [6.45, 7) is 4.50. The van der Waals surface area contributed by atoms with Crippen LogP contribution in [0.15, 0.2) is 0 Å². The molecule has 0 aromatic heterocycles. The van der Waals surface area contributed by atoms with Gasteiger partial charge in [0.05, 0.1) is 18.8 Å². The van der Waals surface area contributed by atoms with Crippen molar-refractivity contribution in [2.24, 2.45) is 5.92 Å². The third-order valence-corrected chi connectivity index (χ3v) is 4.73. The van der Waals surface area contributed by atoms with E-state index in [0.29, 0.717) is 19.3 Å². The van der Waals surface area contributed by atoms with E-state index < -0.39 is 6.10 Å². The Morgan fingerprint density at radius 2 is 2.20 bits per heavy atom. The van der Waals surface area contributed by atoms with Crippen LogP contribution < -0.4 is 5.32 Å². The van der Waals surface area contributed by atoms with Gasteiger partial charge in [-0.15, -0.1) is 0 Å². The van der Waals surface area contributed by atoms with E-state index in [1.54, 1.807) is 0 Å². The SMILES string of the molecule is CC1CCCC(OCC(O)CNCCSCCCO)C1. The van der Waals surface area contributed by atoms with Gasteiger partial charge in [0.2, 0.25) is 0 Å². The van der Waals surface area contributed by atoms with Crippen molar-refractivity contribution in [1.29, 1.82) is 0 Å². The third kappa shape index (κ3) is 9.19. The van der Waals surface area contributed by atoms with Crippen LogP contribution in [0.5, 0.6) is 0 Å². The van der Waals surface area contributed by atoms with Gasteiger partial charge < -0.3 is 20.3 Å². The van der Waals surface area contributed by atoms with Crippen LogP contribution in [-0.4, -0.2) is 60.2 Å². The number of thioether (sulfide) groups is 1. The molecular weight excluding hydrogens is 274 g/mol. The molecule has 0 saturated heterocycles. The molecule has 20 heavy (non-hydrogen) atoms. The summed E-state index contributed by atoms with van der Waals surface area (Å²) < 4.78 is 5.80. The van der Waals surface area contributed by atoms with Crippen molar-refractivity contribution in [2.45, 2.75) is 51.2 Å². The zero-order valence-electron chi connectivity index (χ0n) is 12.7. The van der Waals surface area contributed by atoms with Crippen LogP contribution in [0.25, 0.3) is 0 Å². The molecule has 0 radical (unpaired) electrons. The second-order valence-electron chi connectivity index (χ2n) is 5.77. The zero-order chi connectivity index (χ0) is 14.6. The van der Waals surface area contributed by atoms with E-state index in [1.165, 1.54) is 12.8 Å². The summed E-state index contributed by atoms with van der Waals surface area (Å²) in [5.74, 6) is 2.79. The molecule has 0 heterocycles. The highest BCUT2D eigenvalue weighted by Crippen LogP contribution is 2.25. The number of hydrogen-bond donors (Lipinski definition) is 3. The van der Waals surface area contributed by atoms with Crippen molar-refractivity contribution < 1.29 is 14.9 Å². The average molecular weight is 305 g/mol. The summed E-state index contributed by atoms with van der Waals surface area (Å²) in [5, 5.41) is 21.8. The molecule has 0 aromatic rings. The molecule has 1 saturated carbocycles. The minimum absolute atomic E-state index is 0.274. The van der Waals surface area contributed by atoms with Crippen molar-refractivity contribution in [3.8, 4) is 0 Å². The molecule has 3 unspecified atom stereocenters. The summed E-state index contributed by atoms with van der Waals surface area (Å²) in [5.41, 5.74) is 0. The smallest absolute Gasteiger partial charge is 0.0897 e. The van der Waals surface area contributed by atoms with Gasteiger partial charge >= 0.3 is 0 Å². The zero-order valence-corrected chi connectivity index (χ0v) is 13.5. The van der Waals surface area contributed by atoms with Crippen molar-refractivity contribution in [1.82, 2.24) is 5.32 Å². The largest absolute Gasteiger partial charge is 0.396 e. The number of aliphatic hydroxyl groups excluding tert-OH is 2. The Morgan fingerprint density at radius 3 is 2.95 bits per heavy atom. The molecule has 0 amide bonds. The highest BCUT2D eigenvalue weighted by Gasteiger charge is 2.20. The molecule has 3 atom stereocenters. The van der Waals surface area contributed by atoms with E-state index in [2.05, 4.69) is 12.2 Å². The van der Waals surface area contributed by atoms with E-state index in [4.69, 9.17) is 9.84 Å². The van der Waals surface area contributed by atoms with E-state index in [1.807, 2.05) is 11.8 Å². The van der Waals surface area contributed by atoms with Crippen LogP contribution in [-0.2, 0) is 4.74 Å². The van der Waals surface area contributed by atoms with Gasteiger partial charge in [-0.3, -0.25) is 0 Å². The van der Waals surface area contributed by atoms with Crippen molar-refractivity contribution >= 4 is 11.8 Å². The fourth-order valence-electron chi connectivity index (χ4n) is 2.52. The number of aliphatic hydroxyl groups is 2. The Hall–Kier alpha value is 0.190. The fraction of sp³-hybridized carbons (Fsp3) is 1.00. The van der Waals surface area contributed by atoms with Gasteiger partial charge in [0, 0.05) is 25.4 Å². The topological polar surface area (TPSA) is 61.7 Å². The summed E-state index contributed by atoms with van der Waals surface area (Å²) in [7, 11) is 0. The maximum Gasteiger partial charge on any atom is 0.0897 e. The van der Waals surface area contributed by atoms with Crippen molar-refractivity contribution in [3.05, 3.63) is 0 Å². The average Bonchev–Trinajstić information content (AvgIpc) is 2.44. The summed E-state index contributed by atoms with van der Waals surface area (Å²) >= 11 is 1.83. The first-order valence-corrected chi connectivity index (χ1v) is 9.06. The molecule has 1 aliphatic carbocycles. The lowest BCUT2D eigenvalue weighted by atomic mass is 9.89. The lowest BCUT2D eigenvalue weighted by Crippen LogP contribution is -2.34. The Morgan fingerprint density at radius 1 is 1.35 bits per heavy atom. The van der Waals surface area contributed by atoms with Crippen molar-refractivity contribution in [3.63, 3.8) is 0 Å². The maximum atomic E-state index is 9.86. The lowest BCUT2D eigenvalue weighted by molar-refractivity contribution is -0.0304. The summed E-state index contributed by atoms with van der Waals surface area (Å²) in [6.07, 6.45) is 5.66. The first kappa shape index (κ1) is 18.2. The van der Waals surface area contributed by atoms with Gasteiger partial charge in [0.15, 0.2) is 0 Å². The molecule has 0 spiro atoms. The predicted molar refractivity (Wildman–Crippen MR) is 85.3 cm³/mol. The molecule has 4 nitrogen and oxygen atoms in total. The van der Waals surface area contributed by atoms with E-state index in [0.717, 1.165) is 43.2 Å². The lowest BCUT2D eigenvalue weighted by Gasteiger charge is -2.27. The molecular formula is C15H31NO3S. The molecule has 120 valence electrons. The van der Waals surface area contributed by atoms with Crippen LogP contribution in [0.1, 0.15) is 39.0 Å². The Bertz CT molecular complexity index is 231. The molecule has 3 N–H and O–H groups in total. The number of rotatable bonds is 11. The van der Waals surface area contributed by atoms with Gasteiger partial charge in [-0.05, 0) is 30.9 Å². The van der Waals surface area contributed by atoms with Crippen LogP contribution in [0, 0.1) is 5.92 Å². The predicted octanol–water partition coefficient (Wildman–Crippen LogP) is 1.65. The molecule has 0 aliphatic heterocycles. The summed E-state index contributed by atoms with van der Waals surface area (Å²) in [4.78, 5) is 0. The van der Waals surface area contributed by atoms with E-state index in [9.17, 15) is 5.11 Å². The highest BCUT2D eigenvalue weighted by molar-refractivity contribution is 7.99. The number of hydrogen-bond acceptors (Lipinski definition) is 5. The minimum atomic E-state index is -0.408. The van der Waals surface area contributed by atoms with E-state index >= 15 is 0 Å². The first-order valence-electron chi connectivity index (χ1n) is 7.91. The second-order valence-corrected chi connectivity index (χ2v) is 7.00. The standard InChI is InChI=1S/C15H31NO3S/c1-13-4-2-5-15(10-13)19-12-14(18)11-16-6-9-20-8-3-7-17/h13-18H,2-12H2,1H3. The van der Waals surface area contributed by atoms with Gasteiger partial charge in [-0.1, -0.05) is 19.8 Å². The van der Waals surface area contributed by atoms with Crippen LogP contribution >= 0.6 is 11.8 Å². The quantitative estimate of drug-likeness (QED) is 0.507. The van der Waals surface area contributed by atoms with Crippen molar-refractivity contribution in [2.75, 3.05) is 37.8 Å². The molecule has 5 heteroatoms. The molecule has 1 fully saturated rings. The maximum absolute atomic E-state index is 9.86. The fourth-order valence-corrected chi connectivity index (χ4v) is 3.34. The Balaban J connectivity index is 1.91. The van der Waals surface area contributed by atoms with E-state index in [-0.39, 0.29) is 6.61 Å². The summed E-state index contributed by atoms with van der Waals surface area (Å²) in [6, 6.07) is 0. The van der Waals surface area contributed by atoms with Gasteiger partial charge in [0.1, 0.15) is 0 Å². The highest BCUT2D eigenvalue weighted by atomic mass is 32.2. The molecule has 1 rings (SSSR count). The second kappa shape index (κ2) is 11.8. The molecule has 1 aliphatic rings. The third-order valence-electron chi connectivity index (χ3n) is 3.66. The molecule has 0 bridgehead atoms. The number of ether oxygens (including phenoxy) is 1. The normalized spacial score (nSPS) is 24.8. The van der Waals surface area contributed by atoms with Gasteiger partial charge in [-0.2, -0.15) is 11.8 Å². The monoisotopic (exact) mass is 305 g/mol. The Labute approximate surface area is 127 Å². The van der Waals surface area contributed by atoms with Crippen LogP contribution in [0.3, 0.4) is 0 Å².